The Hall–Kier alpha value is -2.14. The maximum absolute atomic E-state index is 13.5. The second-order valence-electron chi connectivity index (χ2n) is 5.13. The quantitative estimate of drug-likeness (QED) is 0.887. The van der Waals surface area contributed by atoms with Crippen LogP contribution in [0.5, 0.6) is 0 Å². The summed E-state index contributed by atoms with van der Waals surface area (Å²) in [6, 6.07) is 5.11. The highest BCUT2D eigenvalue weighted by molar-refractivity contribution is 5.88. The van der Waals surface area contributed by atoms with Crippen LogP contribution < -0.4 is 5.32 Å². The van der Waals surface area contributed by atoms with E-state index in [-0.39, 0.29) is 11.4 Å². The number of furan rings is 1. The maximum atomic E-state index is 13.5. The molecule has 1 heterocycles. The van der Waals surface area contributed by atoms with Gasteiger partial charge in [-0.1, -0.05) is 12.1 Å². The first-order valence-corrected chi connectivity index (χ1v) is 6.67. The van der Waals surface area contributed by atoms with Crippen LogP contribution in [0.3, 0.4) is 0 Å². The normalized spacial score (nSPS) is 10.9. The fourth-order valence-corrected chi connectivity index (χ4v) is 2.31. The van der Waals surface area contributed by atoms with E-state index < -0.39 is 5.97 Å². The Morgan fingerprint density at radius 1 is 1.19 bits per heavy atom. The van der Waals surface area contributed by atoms with E-state index in [4.69, 9.17) is 9.52 Å². The predicted molar refractivity (Wildman–Crippen MR) is 76.8 cm³/mol. The molecule has 0 bridgehead atoms. The number of aryl methyl sites for hydroxylation is 3. The Labute approximate surface area is 122 Å². The molecule has 0 radical (unpaired) electrons. The molecule has 0 spiro atoms. The maximum Gasteiger partial charge on any atom is 0.339 e. The summed E-state index contributed by atoms with van der Waals surface area (Å²) >= 11 is 0. The molecule has 2 rings (SSSR count). The summed E-state index contributed by atoms with van der Waals surface area (Å²) in [5.41, 5.74) is 2.40. The van der Waals surface area contributed by atoms with Crippen LogP contribution in [0, 0.1) is 26.6 Å². The zero-order valence-electron chi connectivity index (χ0n) is 12.3. The lowest BCUT2D eigenvalue weighted by Gasteiger charge is -2.07. The van der Waals surface area contributed by atoms with Gasteiger partial charge in [-0.25, -0.2) is 9.18 Å². The number of carbonyl (C=O) groups is 1. The van der Waals surface area contributed by atoms with Crippen LogP contribution >= 0.6 is 0 Å². The Balaban J connectivity index is 1.99. The average molecular weight is 291 g/mol. The molecule has 1 aromatic heterocycles. The summed E-state index contributed by atoms with van der Waals surface area (Å²) in [6.07, 6.45) is 0. The van der Waals surface area contributed by atoms with Crippen LogP contribution in [0.2, 0.25) is 0 Å². The van der Waals surface area contributed by atoms with Gasteiger partial charge in [-0.05, 0) is 43.5 Å². The van der Waals surface area contributed by atoms with E-state index in [1.165, 1.54) is 6.07 Å². The van der Waals surface area contributed by atoms with Gasteiger partial charge in [0.15, 0.2) is 0 Å². The number of rotatable bonds is 5. The van der Waals surface area contributed by atoms with Gasteiger partial charge < -0.3 is 14.8 Å². The summed E-state index contributed by atoms with van der Waals surface area (Å²) < 4.78 is 18.9. The van der Waals surface area contributed by atoms with E-state index in [1.807, 2.05) is 0 Å². The second kappa shape index (κ2) is 6.10. The van der Waals surface area contributed by atoms with E-state index in [2.05, 4.69) is 5.32 Å². The van der Waals surface area contributed by atoms with Crippen molar-refractivity contribution in [3.8, 4) is 0 Å². The second-order valence-corrected chi connectivity index (χ2v) is 5.13. The molecule has 0 unspecified atom stereocenters. The van der Waals surface area contributed by atoms with E-state index in [9.17, 15) is 9.18 Å². The zero-order valence-corrected chi connectivity index (χ0v) is 12.3. The standard InChI is InChI=1S/C16H18FNO3/c1-9-4-12(5-10(2)15(9)17)7-18-8-13-6-14(16(19)20)11(3)21-13/h4-6,18H,7-8H2,1-3H3,(H,19,20). The lowest BCUT2D eigenvalue weighted by atomic mass is 10.1. The van der Waals surface area contributed by atoms with Crippen molar-refractivity contribution in [3.05, 3.63) is 57.8 Å². The third-order valence-electron chi connectivity index (χ3n) is 3.32. The molecule has 0 aliphatic heterocycles. The average Bonchev–Trinajstić information content (AvgIpc) is 2.77. The van der Waals surface area contributed by atoms with Gasteiger partial charge in [-0.2, -0.15) is 0 Å². The third-order valence-corrected chi connectivity index (χ3v) is 3.32. The Morgan fingerprint density at radius 2 is 1.81 bits per heavy atom. The molecule has 112 valence electrons. The van der Waals surface area contributed by atoms with Crippen molar-refractivity contribution in [2.45, 2.75) is 33.9 Å². The number of nitrogens with one attached hydrogen (secondary N) is 1. The summed E-state index contributed by atoms with van der Waals surface area (Å²) in [4.78, 5) is 10.9. The highest BCUT2D eigenvalue weighted by atomic mass is 19.1. The van der Waals surface area contributed by atoms with Crippen LogP contribution in [-0.4, -0.2) is 11.1 Å². The molecule has 0 aliphatic carbocycles. The predicted octanol–water partition coefficient (Wildman–Crippen LogP) is 3.33. The number of aromatic carboxylic acids is 1. The van der Waals surface area contributed by atoms with E-state index in [1.54, 1.807) is 32.9 Å². The molecule has 0 saturated carbocycles. The van der Waals surface area contributed by atoms with Gasteiger partial charge in [0.25, 0.3) is 0 Å². The molecule has 21 heavy (non-hydrogen) atoms. The molecular formula is C16H18FNO3. The minimum atomic E-state index is -0.993. The molecule has 2 aromatic rings. The Morgan fingerprint density at radius 3 is 2.33 bits per heavy atom. The van der Waals surface area contributed by atoms with Crippen LogP contribution in [-0.2, 0) is 13.1 Å². The summed E-state index contributed by atoms with van der Waals surface area (Å²) in [5.74, 6) is -0.202. The van der Waals surface area contributed by atoms with Crippen molar-refractivity contribution in [2.75, 3.05) is 0 Å². The minimum Gasteiger partial charge on any atom is -0.478 e. The molecule has 4 nitrogen and oxygen atoms in total. The highest BCUT2D eigenvalue weighted by Crippen LogP contribution is 2.16. The lowest BCUT2D eigenvalue weighted by Crippen LogP contribution is -2.12. The number of carboxylic acid groups (broad SMARTS) is 1. The van der Waals surface area contributed by atoms with Crippen LogP contribution in [0.1, 0.15) is 38.6 Å². The van der Waals surface area contributed by atoms with E-state index >= 15 is 0 Å². The van der Waals surface area contributed by atoms with E-state index in [0.717, 1.165) is 5.56 Å². The van der Waals surface area contributed by atoms with Crippen molar-refractivity contribution in [2.24, 2.45) is 0 Å². The van der Waals surface area contributed by atoms with Gasteiger partial charge in [0.05, 0.1) is 6.54 Å². The first kappa shape index (κ1) is 15.3. The molecule has 0 atom stereocenters. The molecule has 0 fully saturated rings. The van der Waals surface area contributed by atoms with Gasteiger partial charge in [0.1, 0.15) is 22.9 Å². The number of hydrogen-bond donors (Lipinski definition) is 2. The molecule has 2 N–H and O–H groups in total. The zero-order chi connectivity index (χ0) is 15.6. The lowest BCUT2D eigenvalue weighted by molar-refractivity contribution is 0.0695. The first-order chi connectivity index (χ1) is 9.88. The van der Waals surface area contributed by atoms with Crippen LogP contribution in [0.25, 0.3) is 0 Å². The number of benzene rings is 1. The van der Waals surface area contributed by atoms with Crippen molar-refractivity contribution in [3.63, 3.8) is 0 Å². The van der Waals surface area contributed by atoms with Crippen molar-refractivity contribution >= 4 is 5.97 Å². The molecule has 0 saturated heterocycles. The van der Waals surface area contributed by atoms with Crippen LogP contribution in [0.4, 0.5) is 4.39 Å². The largest absolute Gasteiger partial charge is 0.478 e. The molecule has 0 aliphatic rings. The van der Waals surface area contributed by atoms with Gasteiger partial charge in [0, 0.05) is 6.54 Å². The first-order valence-electron chi connectivity index (χ1n) is 6.67. The minimum absolute atomic E-state index is 0.175. The third kappa shape index (κ3) is 3.49. The molecule has 0 amide bonds. The molecule has 5 heteroatoms. The van der Waals surface area contributed by atoms with Gasteiger partial charge in [0.2, 0.25) is 0 Å². The van der Waals surface area contributed by atoms with E-state index in [0.29, 0.717) is 35.7 Å². The number of hydrogen-bond acceptors (Lipinski definition) is 3. The molecule has 1 aromatic carbocycles. The van der Waals surface area contributed by atoms with Gasteiger partial charge in [-0.15, -0.1) is 0 Å². The summed E-state index contributed by atoms with van der Waals surface area (Å²) in [6.45, 7) is 6.08. The number of carboxylic acids is 1. The Bertz CT molecular complexity index is 653. The highest BCUT2D eigenvalue weighted by Gasteiger charge is 2.13. The summed E-state index contributed by atoms with van der Waals surface area (Å²) in [5, 5.41) is 12.1. The fraction of sp³-hybridized carbons (Fsp3) is 0.312. The van der Waals surface area contributed by atoms with Gasteiger partial charge >= 0.3 is 5.97 Å². The van der Waals surface area contributed by atoms with Crippen LogP contribution in [0.15, 0.2) is 22.6 Å². The van der Waals surface area contributed by atoms with Gasteiger partial charge in [-0.3, -0.25) is 0 Å². The molecular weight excluding hydrogens is 273 g/mol. The Kier molecular flexibility index (Phi) is 4.43. The van der Waals surface area contributed by atoms with Crippen molar-refractivity contribution in [1.29, 1.82) is 0 Å². The van der Waals surface area contributed by atoms with Crippen molar-refractivity contribution < 1.29 is 18.7 Å². The monoisotopic (exact) mass is 291 g/mol. The smallest absolute Gasteiger partial charge is 0.339 e. The SMILES string of the molecule is Cc1cc(CNCc2cc(C(=O)O)c(C)o2)cc(C)c1F. The summed E-state index contributed by atoms with van der Waals surface area (Å²) in [7, 11) is 0. The number of halogens is 1. The topological polar surface area (TPSA) is 62.5 Å². The fourth-order valence-electron chi connectivity index (χ4n) is 2.31. The van der Waals surface area contributed by atoms with Crippen molar-refractivity contribution in [1.82, 2.24) is 5.32 Å².